The summed E-state index contributed by atoms with van der Waals surface area (Å²) in [5.41, 5.74) is 1.50. The standard InChI is InChI=1S/C20H20N2O4S/c1-2-15-9-11-17(12-10-15)27(24,25)22-19-8-4-3-7-18(19)20(23)21-14-16-6-5-13-26-16/h3-13,22H,2,14H2,1H3,(H,21,23). The summed E-state index contributed by atoms with van der Waals surface area (Å²) in [5.74, 6) is 0.212. The van der Waals surface area contributed by atoms with Gasteiger partial charge in [-0.1, -0.05) is 31.2 Å². The van der Waals surface area contributed by atoms with Gasteiger partial charge in [0.05, 0.1) is 29.0 Å². The van der Waals surface area contributed by atoms with E-state index >= 15 is 0 Å². The molecule has 140 valence electrons. The lowest BCUT2D eigenvalue weighted by atomic mass is 10.1. The highest BCUT2D eigenvalue weighted by atomic mass is 32.2. The maximum absolute atomic E-state index is 12.7. The summed E-state index contributed by atoms with van der Waals surface area (Å²) in [7, 11) is -3.80. The summed E-state index contributed by atoms with van der Waals surface area (Å²) < 4.78 is 33.0. The summed E-state index contributed by atoms with van der Waals surface area (Å²) in [6, 6.07) is 16.6. The molecular formula is C20H20N2O4S. The Balaban J connectivity index is 1.79. The van der Waals surface area contributed by atoms with Crippen molar-refractivity contribution in [2.75, 3.05) is 4.72 Å². The number of hydrogen-bond donors (Lipinski definition) is 2. The van der Waals surface area contributed by atoms with Crippen molar-refractivity contribution in [2.24, 2.45) is 0 Å². The zero-order valence-corrected chi connectivity index (χ0v) is 15.6. The van der Waals surface area contributed by atoms with Crippen LogP contribution in [0.2, 0.25) is 0 Å². The van der Waals surface area contributed by atoms with Crippen LogP contribution in [0, 0.1) is 0 Å². The SMILES string of the molecule is CCc1ccc(S(=O)(=O)Nc2ccccc2C(=O)NCc2ccco2)cc1. The minimum Gasteiger partial charge on any atom is -0.467 e. The van der Waals surface area contributed by atoms with E-state index in [-0.39, 0.29) is 22.7 Å². The van der Waals surface area contributed by atoms with Crippen molar-refractivity contribution >= 4 is 21.6 Å². The molecule has 0 bridgehead atoms. The molecule has 2 aromatic carbocycles. The van der Waals surface area contributed by atoms with Gasteiger partial charge in [-0.2, -0.15) is 0 Å². The number of carbonyl (C=O) groups is 1. The number of carbonyl (C=O) groups excluding carboxylic acids is 1. The van der Waals surface area contributed by atoms with Crippen molar-refractivity contribution in [3.8, 4) is 0 Å². The van der Waals surface area contributed by atoms with Crippen LogP contribution in [0.5, 0.6) is 0 Å². The number of amides is 1. The summed E-state index contributed by atoms with van der Waals surface area (Å²) >= 11 is 0. The van der Waals surface area contributed by atoms with Crippen LogP contribution in [0.3, 0.4) is 0 Å². The van der Waals surface area contributed by atoms with Crippen LogP contribution in [-0.2, 0) is 23.0 Å². The molecule has 0 aliphatic heterocycles. The van der Waals surface area contributed by atoms with Gasteiger partial charge in [-0.25, -0.2) is 8.42 Å². The summed E-state index contributed by atoms with van der Waals surface area (Å²) in [6.07, 6.45) is 2.35. The summed E-state index contributed by atoms with van der Waals surface area (Å²) in [6.45, 7) is 2.21. The molecule has 7 heteroatoms. The third kappa shape index (κ3) is 4.57. The van der Waals surface area contributed by atoms with Gasteiger partial charge in [-0.15, -0.1) is 0 Å². The number of furan rings is 1. The molecule has 0 fully saturated rings. The van der Waals surface area contributed by atoms with Gasteiger partial charge in [-0.05, 0) is 48.4 Å². The molecule has 0 saturated heterocycles. The van der Waals surface area contributed by atoms with Gasteiger partial charge in [0.25, 0.3) is 15.9 Å². The predicted molar refractivity (Wildman–Crippen MR) is 103 cm³/mol. The molecule has 1 aromatic heterocycles. The van der Waals surface area contributed by atoms with E-state index in [2.05, 4.69) is 10.0 Å². The molecule has 0 unspecified atom stereocenters. The second-order valence-corrected chi connectivity index (χ2v) is 7.59. The minimum atomic E-state index is -3.80. The molecule has 6 nitrogen and oxygen atoms in total. The molecule has 2 N–H and O–H groups in total. The highest BCUT2D eigenvalue weighted by molar-refractivity contribution is 7.92. The van der Waals surface area contributed by atoms with Crippen molar-refractivity contribution in [1.29, 1.82) is 0 Å². The number of para-hydroxylation sites is 1. The van der Waals surface area contributed by atoms with E-state index in [0.29, 0.717) is 5.76 Å². The summed E-state index contributed by atoms with van der Waals surface area (Å²) in [4.78, 5) is 12.6. The van der Waals surface area contributed by atoms with Crippen molar-refractivity contribution < 1.29 is 17.6 Å². The van der Waals surface area contributed by atoms with Crippen molar-refractivity contribution in [3.05, 3.63) is 83.8 Å². The van der Waals surface area contributed by atoms with E-state index in [1.54, 1.807) is 60.7 Å². The van der Waals surface area contributed by atoms with E-state index in [9.17, 15) is 13.2 Å². The number of rotatable bonds is 7. The molecule has 1 heterocycles. The molecule has 3 aromatic rings. The first-order valence-electron chi connectivity index (χ1n) is 8.51. The lowest BCUT2D eigenvalue weighted by molar-refractivity contribution is 0.0949. The fourth-order valence-electron chi connectivity index (χ4n) is 2.55. The van der Waals surface area contributed by atoms with Crippen LogP contribution in [0.4, 0.5) is 5.69 Å². The molecule has 27 heavy (non-hydrogen) atoms. The van der Waals surface area contributed by atoms with E-state index in [0.717, 1.165) is 12.0 Å². The van der Waals surface area contributed by atoms with Gasteiger partial charge < -0.3 is 9.73 Å². The highest BCUT2D eigenvalue weighted by Crippen LogP contribution is 2.21. The molecular weight excluding hydrogens is 364 g/mol. The van der Waals surface area contributed by atoms with Crippen LogP contribution >= 0.6 is 0 Å². The second-order valence-electron chi connectivity index (χ2n) is 5.91. The van der Waals surface area contributed by atoms with Crippen LogP contribution < -0.4 is 10.0 Å². The Bertz CT molecular complexity index is 1010. The Hall–Kier alpha value is -3.06. The predicted octanol–water partition coefficient (Wildman–Crippen LogP) is 3.57. The van der Waals surface area contributed by atoms with E-state index in [1.807, 2.05) is 6.92 Å². The number of nitrogens with one attached hydrogen (secondary N) is 2. The number of aryl methyl sites for hydroxylation is 1. The number of hydrogen-bond acceptors (Lipinski definition) is 4. The molecule has 3 rings (SSSR count). The van der Waals surface area contributed by atoms with Crippen LogP contribution in [-0.4, -0.2) is 14.3 Å². The van der Waals surface area contributed by atoms with Gasteiger partial charge in [0.2, 0.25) is 0 Å². The normalized spacial score (nSPS) is 11.1. The Morgan fingerprint density at radius 3 is 2.41 bits per heavy atom. The molecule has 0 saturated carbocycles. The van der Waals surface area contributed by atoms with E-state index in [4.69, 9.17) is 4.42 Å². The van der Waals surface area contributed by atoms with Gasteiger partial charge >= 0.3 is 0 Å². The zero-order chi connectivity index (χ0) is 19.3. The molecule has 0 radical (unpaired) electrons. The Kier molecular flexibility index (Phi) is 5.61. The maximum atomic E-state index is 12.7. The first-order valence-corrected chi connectivity index (χ1v) is 9.99. The van der Waals surface area contributed by atoms with E-state index < -0.39 is 15.9 Å². The van der Waals surface area contributed by atoms with Crippen LogP contribution in [0.15, 0.2) is 76.2 Å². The van der Waals surface area contributed by atoms with Gasteiger partial charge in [0.15, 0.2) is 0 Å². The highest BCUT2D eigenvalue weighted by Gasteiger charge is 2.18. The minimum absolute atomic E-state index is 0.144. The Morgan fingerprint density at radius 1 is 1.00 bits per heavy atom. The largest absolute Gasteiger partial charge is 0.467 e. The third-order valence-electron chi connectivity index (χ3n) is 4.06. The smallest absolute Gasteiger partial charge is 0.261 e. The van der Waals surface area contributed by atoms with Crippen LogP contribution in [0.1, 0.15) is 28.6 Å². The molecule has 1 amide bonds. The second kappa shape index (κ2) is 8.09. The fraction of sp³-hybridized carbons (Fsp3) is 0.150. The summed E-state index contributed by atoms with van der Waals surface area (Å²) in [5, 5.41) is 2.71. The van der Waals surface area contributed by atoms with Gasteiger partial charge in [0, 0.05) is 0 Å². The molecule has 0 atom stereocenters. The van der Waals surface area contributed by atoms with Crippen molar-refractivity contribution in [2.45, 2.75) is 24.8 Å². The topological polar surface area (TPSA) is 88.4 Å². The quantitative estimate of drug-likeness (QED) is 0.652. The Labute approximate surface area is 158 Å². The van der Waals surface area contributed by atoms with Gasteiger partial charge in [0.1, 0.15) is 5.76 Å². The number of anilines is 1. The lowest BCUT2D eigenvalue weighted by Gasteiger charge is -2.13. The first kappa shape index (κ1) is 18.7. The maximum Gasteiger partial charge on any atom is 0.261 e. The number of sulfonamides is 1. The Morgan fingerprint density at radius 2 is 1.74 bits per heavy atom. The molecule has 0 spiro atoms. The lowest BCUT2D eigenvalue weighted by Crippen LogP contribution is -2.24. The van der Waals surface area contributed by atoms with Crippen molar-refractivity contribution in [3.63, 3.8) is 0 Å². The van der Waals surface area contributed by atoms with Crippen molar-refractivity contribution in [1.82, 2.24) is 5.32 Å². The molecule has 0 aliphatic rings. The molecule has 0 aliphatic carbocycles. The van der Waals surface area contributed by atoms with Gasteiger partial charge in [-0.3, -0.25) is 9.52 Å². The average Bonchev–Trinajstić information content (AvgIpc) is 3.20. The van der Waals surface area contributed by atoms with E-state index in [1.165, 1.54) is 6.26 Å². The monoisotopic (exact) mass is 384 g/mol. The fourth-order valence-corrected chi connectivity index (χ4v) is 3.63. The first-order chi connectivity index (χ1) is 13.0. The average molecular weight is 384 g/mol. The third-order valence-corrected chi connectivity index (χ3v) is 5.44. The number of benzene rings is 2. The zero-order valence-electron chi connectivity index (χ0n) is 14.8. The van der Waals surface area contributed by atoms with Crippen LogP contribution in [0.25, 0.3) is 0 Å².